The Morgan fingerprint density at radius 1 is 1.13 bits per heavy atom. The minimum absolute atomic E-state index is 0.0224. The Bertz CT molecular complexity index is 668. The molecule has 1 saturated carbocycles. The van der Waals surface area contributed by atoms with Crippen molar-refractivity contribution in [3.8, 4) is 5.75 Å². The van der Waals surface area contributed by atoms with Crippen molar-refractivity contribution >= 4 is 17.5 Å². The standard InChI is InChI=1S/C19H20ClNO2/c20-16-6-4-5-15(13-16)19(10-11-19)14-21-18(22)9-12-23-17-7-2-1-3-8-17/h1-8,13H,9-12,14H2,(H,21,22). The molecule has 2 aromatic rings. The van der Waals surface area contributed by atoms with Crippen LogP contribution in [-0.2, 0) is 10.2 Å². The molecule has 3 nitrogen and oxygen atoms in total. The van der Waals surface area contributed by atoms with E-state index in [9.17, 15) is 4.79 Å². The molecule has 0 spiro atoms. The van der Waals surface area contributed by atoms with Crippen molar-refractivity contribution in [2.24, 2.45) is 0 Å². The van der Waals surface area contributed by atoms with Crippen molar-refractivity contribution in [2.75, 3.05) is 13.2 Å². The van der Waals surface area contributed by atoms with Crippen molar-refractivity contribution in [1.82, 2.24) is 5.32 Å². The first kappa shape index (κ1) is 15.9. The molecule has 0 aliphatic heterocycles. The van der Waals surface area contributed by atoms with Gasteiger partial charge in [0.15, 0.2) is 0 Å². The van der Waals surface area contributed by atoms with Gasteiger partial charge in [0.05, 0.1) is 13.0 Å². The summed E-state index contributed by atoms with van der Waals surface area (Å²) in [5.74, 6) is 0.812. The van der Waals surface area contributed by atoms with Gasteiger partial charge in [-0.1, -0.05) is 41.9 Å². The van der Waals surface area contributed by atoms with Crippen LogP contribution in [0.5, 0.6) is 5.75 Å². The van der Waals surface area contributed by atoms with Crippen LogP contribution in [0.25, 0.3) is 0 Å². The minimum Gasteiger partial charge on any atom is -0.493 e. The lowest BCUT2D eigenvalue weighted by molar-refractivity contribution is -0.121. The van der Waals surface area contributed by atoms with Crippen LogP contribution in [0.2, 0.25) is 5.02 Å². The molecule has 1 amide bonds. The summed E-state index contributed by atoms with van der Waals surface area (Å²) in [5, 5.41) is 3.77. The molecule has 23 heavy (non-hydrogen) atoms. The Labute approximate surface area is 141 Å². The molecule has 1 fully saturated rings. The number of ether oxygens (including phenoxy) is 1. The first-order valence-electron chi connectivity index (χ1n) is 7.89. The molecule has 0 atom stereocenters. The second-order valence-electron chi connectivity index (χ2n) is 5.98. The number of carbonyl (C=O) groups is 1. The van der Waals surface area contributed by atoms with E-state index in [0.717, 1.165) is 23.6 Å². The largest absolute Gasteiger partial charge is 0.493 e. The fourth-order valence-corrected chi connectivity index (χ4v) is 2.86. The molecule has 0 saturated heterocycles. The molecule has 4 heteroatoms. The van der Waals surface area contributed by atoms with Crippen LogP contribution in [0, 0.1) is 0 Å². The van der Waals surface area contributed by atoms with E-state index in [1.165, 1.54) is 5.56 Å². The number of halogens is 1. The van der Waals surface area contributed by atoms with Crippen LogP contribution >= 0.6 is 11.6 Å². The highest BCUT2D eigenvalue weighted by Crippen LogP contribution is 2.48. The molecule has 0 radical (unpaired) electrons. The maximum atomic E-state index is 12.0. The van der Waals surface area contributed by atoms with Gasteiger partial charge in [0, 0.05) is 17.0 Å². The molecule has 0 bridgehead atoms. The summed E-state index contributed by atoms with van der Waals surface area (Å²) in [6.07, 6.45) is 2.54. The molecular weight excluding hydrogens is 310 g/mol. The molecule has 0 heterocycles. The molecule has 120 valence electrons. The second kappa shape index (κ2) is 7.05. The first-order valence-corrected chi connectivity index (χ1v) is 8.26. The number of para-hydroxylation sites is 1. The van der Waals surface area contributed by atoms with Crippen LogP contribution in [0.1, 0.15) is 24.8 Å². The minimum atomic E-state index is 0.0224. The van der Waals surface area contributed by atoms with Gasteiger partial charge >= 0.3 is 0 Å². The van der Waals surface area contributed by atoms with Crippen LogP contribution < -0.4 is 10.1 Å². The van der Waals surface area contributed by atoms with Crippen molar-refractivity contribution in [3.63, 3.8) is 0 Å². The number of amides is 1. The summed E-state index contributed by atoms with van der Waals surface area (Å²) in [4.78, 5) is 12.0. The van der Waals surface area contributed by atoms with Gasteiger partial charge in [-0.15, -0.1) is 0 Å². The van der Waals surface area contributed by atoms with Crippen molar-refractivity contribution in [1.29, 1.82) is 0 Å². The zero-order valence-corrected chi connectivity index (χ0v) is 13.7. The van der Waals surface area contributed by atoms with E-state index >= 15 is 0 Å². The van der Waals surface area contributed by atoms with Gasteiger partial charge in [-0.25, -0.2) is 0 Å². The quantitative estimate of drug-likeness (QED) is 0.835. The van der Waals surface area contributed by atoms with Crippen molar-refractivity contribution in [3.05, 3.63) is 65.2 Å². The number of carbonyl (C=O) groups excluding carboxylic acids is 1. The molecular formula is C19H20ClNO2. The predicted molar refractivity (Wildman–Crippen MR) is 91.9 cm³/mol. The average molecular weight is 330 g/mol. The smallest absolute Gasteiger partial charge is 0.223 e. The van der Waals surface area contributed by atoms with Gasteiger partial charge < -0.3 is 10.1 Å². The SMILES string of the molecule is O=C(CCOc1ccccc1)NCC1(c2cccc(Cl)c2)CC1. The zero-order valence-electron chi connectivity index (χ0n) is 12.9. The Kier molecular flexibility index (Phi) is 4.87. The Morgan fingerprint density at radius 3 is 2.61 bits per heavy atom. The Hall–Kier alpha value is -2.00. The van der Waals surface area contributed by atoms with Gasteiger partial charge in [-0.3, -0.25) is 4.79 Å². The Morgan fingerprint density at radius 2 is 1.91 bits per heavy atom. The zero-order chi connectivity index (χ0) is 16.1. The van der Waals surface area contributed by atoms with E-state index in [-0.39, 0.29) is 11.3 Å². The highest BCUT2D eigenvalue weighted by atomic mass is 35.5. The summed E-state index contributed by atoms with van der Waals surface area (Å²) >= 11 is 6.06. The third-order valence-electron chi connectivity index (χ3n) is 4.26. The number of hydrogen-bond acceptors (Lipinski definition) is 2. The Balaban J connectivity index is 1.44. The summed E-state index contributed by atoms with van der Waals surface area (Å²) in [5.41, 5.74) is 1.28. The van der Waals surface area contributed by atoms with Crippen LogP contribution in [0.15, 0.2) is 54.6 Å². The third-order valence-corrected chi connectivity index (χ3v) is 4.49. The van der Waals surface area contributed by atoms with Gasteiger partial charge in [0.1, 0.15) is 5.75 Å². The lowest BCUT2D eigenvalue weighted by atomic mass is 9.96. The van der Waals surface area contributed by atoms with Crippen molar-refractivity contribution < 1.29 is 9.53 Å². The van der Waals surface area contributed by atoms with Crippen LogP contribution in [0.3, 0.4) is 0 Å². The molecule has 0 unspecified atom stereocenters. The lowest BCUT2D eigenvalue weighted by Crippen LogP contribution is -2.33. The highest BCUT2D eigenvalue weighted by molar-refractivity contribution is 6.30. The number of benzene rings is 2. The molecule has 1 N–H and O–H groups in total. The van der Waals surface area contributed by atoms with E-state index < -0.39 is 0 Å². The highest BCUT2D eigenvalue weighted by Gasteiger charge is 2.44. The third kappa shape index (κ3) is 4.26. The molecule has 2 aromatic carbocycles. The number of rotatable bonds is 7. The fraction of sp³-hybridized carbons (Fsp3) is 0.316. The fourth-order valence-electron chi connectivity index (χ4n) is 2.67. The summed E-state index contributed by atoms with van der Waals surface area (Å²) in [7, 11) is 0. The predicted octanol–water partition coefficient (Wildman–Crippen LogP) is 3.96. The van der Waals surface area contributed by atoms with Gasteiger partial charge in [0.2, 0.25) is 5.91 Å². The maximum Gasteiger partial charge on any atom is 0.223 e. The van der Waals surface area contributed by atoms with Gasteiger partial charge in [-0.2, -0.15) is 0 Å². The van der Waals surface area contributed by atoms with Crippen molar-refractivity contribution in [2.45, 2.75) is 24.7 Å². The van der Waals surface area contributed by atoms with E-state index in [1.54, 1.807) is 0 Å². The average Bonchev–Trinajstić information content (AvgIpc) is 3.35. The van der Waals surface area contributed by atoms with Gasteiger partial charge in [-0.05, 0) is 42.7 Å². The summed E-state index contributed by atoms with van der Waals surface area (Å²) in [6.45, 7) is 1.05. The monoisotopic (exact) mass is 329 g/mol. The van der Waals surface area contributed by atoms with Crippen LogP contribution in [0.4, 0.5) is 0 Å². The van der Waals surface area contributed by atoms with E-state index in [1.807, 2.05) is 48.5 Å². The van der Waals surface area contributed by atoms with E-state index in [4.69, 9.17) is 16.3 Å². The normalized spacial score (nSPS) is 15.0. The summed E-state index contributed by atoms with van der Waals surface area (Å²) in [6, 6.07) is 17.5. The molecule has 3 rings (SSSR count). The second-order valence-corrected chi connectivity index (χ2v) is 6.42. The molecule has 1 aliphatic rings. The number of nitrogens with one attached hydrogen (secondary N) is 1. The van der Waals surface area contributed by atoms with Gasteiger partial charge in [0.25, 0.3) is 0 Å². The molecule has 0 aromatic heterocycles. The van der Waals surface area contributed by atoms with E-state index in [2.05, 4.69) is 11.4 Å². The number of hydrogen-bond donors (Lipinski definition) is 1. The lowest BCUT2D eigenvalue weighted by Gasteiger charge is -2.17. The van der Waals surface area contributed by atoms with Crippen LogP contribution in [-0.4, -0.2) is 19.1 Å². The summed E-state index contributed by atoms with van der Waals surface area (Å²) < 4.78 is 5.55. The topological polar surface area (TPSA) is 38.3 Å². The van der Waals surface area contributed by atoms with E-state index in [0.29, 0.717) is 19.6 Å². The maximum absolute atomic E-state index is 12.0. The molecule has 1 aliphatic carbocycles. The first-order chi connectivity index (χ1) is 11.2.